The van der Waals surface area contributed by atoms with Gasteiger partial charge in [-0.3, -0.25) is 9.59 Å². The lowest BCUT2D eigenvalue weighted by atomic mass is 9.88. The lowest BCUT2D eigenvalue weighted by molar-refractivity contribution is -0.115. The summed E-state index contributed by atoms with van der Waals surface area (Å²) in [4.78, 5) is 26.2. The average molecular weight is 334 g/mol. The van der Waals surface area contributed by atoms with Crippen molar-refractivity contribution in [3.05, 3.63) is 38.4 Å². The number of nitrogens with one attached hydrogen (secondary N) is 1. The van der Waals surface area contributed by atoms with Crippen molar-refractivity contribution in [1.82, 2.24) is 0 Å². The van der Waals surface area contributed by atoms with Crippen molar-refractivity contribution in [3.63, 3.8) is 0 Å². The Balaban J connectivity index is 1.84. The van der Waals surface area contributed by atoms with E-state index in [9.17, 15) is 9.59 Å². The van der Waals surface area contributed by atoms with E-state index in [4.69, 9.17) is 5.73 Å². The van der Waals surface area contributed by atoms with Crippen LogP contribution in [0.2, 0.25) is 0 Å². The van der Waals surface area contributed by atoms with Gasteiger partial charge < -0.3 is 11.1 Å². The summed E-state index contributed by atoms with van der Waals surface area (Å²) in [6.45, 7) is 2.21. The predicted molar refractivity (Wildman–Crippen MR) is 90.7 cm³/mol. The number of amides is 2. The summed E-state index contributed by atoms with van der Waals surface area (Å²) in [6.07, 6.45) is 3.22. The minimum Gasteiger partial charge on any atom is -0.365 e. The molecule has 0 bridgehead atoms. The second-order valence-corrected chi connectivity index (χ2v) is 7.86. The topological polar surface area (TPSA) is 72.2 Å². The molecule has 0 unspecified atom stereocenters. The highest BCUT2D eigenvalue weighted by molar-refractivity contribution is 7.17. The Morgan fingerprint density at radius 1 is 1.45 bits per heavy atom. The van der Waals surface area contributed by atoms with Crippen molar-refractivity contribution >= 4 is 39.5 Å². The van der Waals surface area contributed by atoms with Gasteiger partial charge in [0.25, 0.3) is 5.91 Å². The van der Waals surface area contributed by atoms with Gasteiger partial charge in [0.15, 0.2) is 0 Å². The first-order valence-corrected chi connectivity index (χ1v) is 9.00. The van der Waals surface area contributed by atoms with Crippen LogP contribution in [0.3, 0.4) is 0 Å². The highest BCUT2D eigenvalue weighted by atomic mass is 32.1. The minimum atomic E-state index is -0.446. The van der Waals surface area contributed by atoms with Crippen molar-refractivity contribution in [3.8, 4) is 0 Å². The summed E-state index contributed by atoms with van der Waals surface area (Å²) in [7, 11) is 0. The molecule has 6 heteroatoms. The Hall–Kier alpha value is -1.66. The molecule has 2 heterocycles. The molecular weight excluding hydrogens is 316 g/mol. The van der Waals surface area contributed by atoms with Crippen molar-refractivity contribution in [1.29, 1.82) is 0 Å². The first kappa shape index (κ1) is 15.2. The number of hydrogen-bond acceptors (Lipinski definition) is 4. The van der Waals surface area contributed by atoms with E-state index in [0.29, 0.717) is 22.9 Å². The molecule has 2 aromatic heterocycles. The summed E-state index contributed by atoms with van der Waals surface area (Å²) in [6, 6.07) is 3.85. The van der Waals surface area contributed by atoms with E-state index < -0.39 is 5.91 Å². The highest BCUT2D eigenvalue weighted by Crippen LogP contribution is 2.39. The van der Waals surface area contributed by atoms with Gasteiger partial charge >= 0.3 is 0 Å². The molecule has 1 aliphatic carbocycles. The van der Waals surface area contributed by atoms with Crippen LogP contribution >= 0.6 is 22.7 Å². The van der Waals surface area contributed by atoms with Crippen LogP contribution in [-0.4, -0.2) is 11.8 Å². The van der Waals surface area contributed by atoms with Gasteiger partial charge in [-0.2, -0.15) is 0 Å². The summed E-state index contributed by atoms with van der Waals surface area (Å²) < 4.78 is 0. The molecule has 0 radical (unpaired) electrons. The molecule has 2 aromatic rings. The fraction of sp³-hybridized carbons (Fsp3) is 0.375. The fourth-order valence-corrected chi connectivity index (χ4v) is 4.98. The van der Waals surface area contributed by atoms with Gasteiger partial charge in [-0.15, -0.1) is 22.7 Å². The second-order valence-electron chi connectivity index (χ2n) is 5.72. The van der Waals surface area contributed by atoms with Crippen molar-refractivity contribution in [2.24, 2.45) is 11.7 Å². The third kappa shape index (κ3) is 3.08. The zero-order chi connectivity index (χ0) is 15.7. The van der Waals surface area contributed by atoms with E-state index in [-0.39, 0.29) is 5.91 Å². The van der Waals surface area contributed by atoms with E-state index in [1.165, 1.54) is 16.2 Å². The number of anilines is 1. The number of thiophene rings is 2. The molecule has 0 spiro atoms. The van der Waals surface area contributed by atoms with Crippen LogP contribution in [0.4, 0.5) is 5.00 Å². The maximum atomic E-state index is 12.2. The maximum absolute atomic E-state index is 12.2. The van der Waals surface area contributed by atoms with Gasteiger partial charge in [0.2, 0.25) is 5.91 Å². The molecule has 116 valence electrons. The van der Waals surface area contributed by atoms with Crippen LogP contribution in [0, 0.1) is 5.92 Å². The Kier molecular flexibility index (Phi) is 4.31. The summed E-state index contributed by atoms with van der Waals surface area (Å²) in [5, 5.41) is 5.45. The molecule has 0 saturated carbocycles. The lowest BCUT2D eigenvalue weighted by Gasteiger charge is -2.18. The molecule has 22 heavy (non-hydrogen) atoms. The van der Waals surface area contributed by atoms with Crippen molar-refractivity contribution < 1.29 is 9.59 Å². The van der Waals surface area contributed by atoms with Gasteiger partial charge in [-0.25, -0.2) is 0 Å². The second kappa shape index (κ2) is 6.22. The van der Waals surface area contributed by atoms with Gasteiger partial charge in [-0.05, 0) is 42.2 Å². The lowest BCUT2D eigenvalue weighted by Crippen LogP contribution is -2.20. The number of carbonyl (C=O) groups excluding carboxylic acids is 2. The third-order valence-electron chi connectivity index (χ3n) is 3.93. The Morgan fingerprint density at radius 3 is 2.95 bits per heavy atom. The molecule has 0 aromatic carbocycles. The molecular formula is C16H18N2O2S2. The van der Waals surface area contributed by atoms with E-state index in [1.54, 1.807) is 11.3 Å². The van der Waals surface area contributed by atoms with Crippen molar-refractivity contribution in [2.45, 2.75) is 32.6 Å². The Labute approximate surface area is 137 Å². The SMILES string of the molecule is C[C@H]1CCc2c(sc(NC(=O)Cc3cccs3)c2C(N)=O)C1. The molecule has 1 atom stereocenters. The standard InChI is InChI=1S/C16H18N2O2S2/c1-9-4-5-11-12(7-9)22-16(14(11)15(17)20)18-13(19)8-10-3-2-6-21-10/h2-3,6,9H,4-5,7-8H2,1H3,(H2,17,20)(H,18,19)/t9-/m0/s1. The molecule has 4 nitrogen and oxygen atoms in total. The van der Waals surface area contributed by atoms with Crippen molar-refractivity contribution in [2.75, 3.05) is 5.32 Å². The molecule has 0 saturated heterocycles. The number of carbonyl (C=O) groups is 2. The minimum absolute atomic E-state index is 0.100. The van der Waals surface area contributed by atoms with Gasteiger partial charge in [0.05, 0.1) is 12.0 Å². The van der Waals surface area contributed by atoms with Crippen LogP contribution in [-0.2, 0) is 24.1 Å². The number of primary amides is 1. The van der Waals surface area contributed by atoms with Crippen LogP contribution < -0.4 is 11.1 Å². The molecule has 3 N–H and O–H groups in total. The van der Waals surface area contributed by atoms with Crippen LogP contribution in [0.1, 0.15) is 39.0 Å². The zero-order valence-corrected chi connectivity index (χ0v) is 14.0. The van der Waals surface area contributed by atoms with Gasteiger partial charge in [0.1, 0.15) is 5.00 Å². The van der Waals surface area contributed by atoms with Crippen LogP contribution in [0.25, 0.3) is 0 Å². The Bertz CT molecular complexity index is 704. The normalized spacial score (nSPS) is 17.0. The van der Waals surface area contributed by atoms with Crippen LogP contribution in [0.15, 0.2) is 17.5 Å². The first-order chi connectivity index (χ1) is 10.5. The summed E-state index contributed by atoms with van der Waals surface area (Å²) in [5.41, 5.74) is 7.11. The largest absolute Gasteiger partial charge is 0.365 e. The molecule has 0 fully saturated rings. The first-order valence-electron chi connectivity index (χ1n) is 7.31. The highest BCUT2D eigenvalue weighted by Gasteiger charge is 2.27. The van der Waals surface area contributed by atoms with Gasteiger partial charge in [-0.1, -0.05) is 13.0 Å². The van der Waals surface area contributed by atoms with E-state index >= 15 is 0 Å². The van der Waals surface area contributed by atoms with Gasteiger partial charge in [0, 0.05) is 9.75 Å². The zero-order valence-electron chi connectivity index (χ0n) is 12.3. The number of nitrogens with two attached hydrogens (primary N) is 1. The molecule has 0 aliphatic heterocycles. The summed E-state index contributed by atoms with van der Waals surface area (Å²) in [5.74, 6) is 0.0663. The maximum Gasteiger partial charge on any atom is 0.251 e. The van der Waals surface area contributed by atoms with E-state index in [0.717, 1.165) is 29.7 Å². The smallest absolute Gasteiger partial charge is 0.251 e. The quantitative estimate of drug-likeness (QED) is 0.901. The number of fused-ring (bicyclic) bond motifs is 1. The molecule has 1 aliphatic rings. The predicted octanol–water partition coefficient (Wildman–Crippen LogP) is 3.21. The van der Waals surface area contributed by atoms with E-state index in [1.807, 2.05) is 17.5 Å². The monoisotopic (exact) mass is 334 g/mol. The molecule has 2 amide bonds. The average Bonchev–Trinajstić information content (AvgIpc) is 3.04. The third-order valence-corrected chi connectivity index (χ3v) is 5.97. The Morgan fingerprint density at radius 2 is 2.27 bits per heavy atom. The summed E-state index contributed by atoms with van der Waals surface area (Å²) >= 11 is 3.06. The van der Waals surface area contributed by atoms with Crippen LogP contribution in [0.5, 0.6) is 0 Å². The fourth-order valence-electron chi connectivity index (χ4n) is 2.84. The number of hydrogen-bond donors (Lipinski definition) is 2. The molecule has 3 rings (SSSR count). The van der Waals surface area contributed by atoms with E-state index in [2.05, 4.69) is 12.2 Å². The number of rotatable bonds is 4.